The van der Waals surface area contributed by atoms with Crippen molar-refractivity contribution in [1.82, 2.24) is 0 Å². The minimum atomic E-state index is -0.725. The maximum Gasteiger partial charge on any atom is 0.405 e. The summed E-state index contributed by atoms with van der Waals surface area (Å²) in [7, 11) is 0. The van der Waals surface area contributed by atoms with Gasteiger partial charge in [-0.1, -0.05) is 12.2 Å². The van der Waals surface area contributed by atoms with E-state index in [0.29, 0.717) is 0 Å². The second kappa shape index (κ2) is 9.27. The van der Waals surface area contributed by atoms with Crippen molar-refractivity contribution in [3.05, 3.63) is 35.1 Å². The van der Waals surface area contributed by atoms with Gasteiger partial charge in [-0.3, -0.25) is 0 Å². The molecule has 0 aromatic rings. The van der Waals surface area contributed by atoms with Gasteiger partial charge in [0.15, 0.2) is 0 Å². The number of hydrogen-bond donors (Lipinski definition) is 2. The molecule has 1 amide bonds. The first kappa shape index (κ1) is 19.3. The number of carbonyl (C=O) groups is 1. The normalized spacial score (nSPS) is 20.0. The average Bonchev–Trinajstić information content (AvgIpc) is 2.34. The van der Waals surface area contributed by atoms with Crippen LogP contribution >= 0.6 is 0 Å². The van der Waals surface area contributed by atoms with Crippen molar-refractivity contribution in [2.75, 3.05) is 0 Å². The highest BCUT2D eigenvalue weighted by molar-refractivity contribution is 5.65. The van der Waals surface area contributed by atoms with Crippen molar-refractivity contribution in [3.63, 3.8) is 0 Å². The summed E-state index contributed by atoms with van der Waals surface area (Å²) in [6.45, 7) is 9.33. The van der Waals surface area contributed by atoms with Gasteiger partial charge in [0, 0.05) is 5.70 Å². The molecule has 4 heteroatoms. The topological polar surface area (TPSA) is 78.3 Å². The number of amides is 1. The lowest BCUT2D eigenvalue weighted by Gasteiger charge is -2.17. The number of primary amides is 1. The Hall–Kier alpha value is -1.71. The van der Waals surface area contributed by atoms with Crippen LogP contribution in [0.5, 0.6) is 0 Å². The van der Waals surface area contributed by atoms with Crippen molar-refractivity contribution >= 4 is 6.09 Å². The molecule has 0 radical (unpaired) electrons. The Morgan fingerprint density at radius 1 is 1.14 bits per heavy atom. The zero-order chi connectivity index (χ0) is 16.5. The molecule has 0 aromatic heterocycles. The molecule has 0 aliphatic heterocycles. The fourth-order valence-electron chi connectivity index (χ4n) is 2.01. The molecule has 0 saturated heterocycles. The molecular weight excluding hydrogens is 264 g/mol. The van der Waals surface area contributed by atoms with Gasteiger partial charge in [-0.25, -0.2) is 4.79 Å². The fraction of sp³-hybridized carbons (Fsp3) is 0.588. The van der Waals surface area contributed by atoms with E-state index in [4.69, 9.17) is 11.5 Å². The van der Waals surface area contributed by atoms with Gasteiger partial charge in [-0.15, -0.1) is 0 Å². The molecule has 1 saturated carbocycles. The standard InChI is InChI=1S/C12H19N.C5H11NO2/c1-3-11-6-4-5-7-12(11)9-8-10(2)13;1-5(2,3)8-4(6)7/h3,8-9H,4-7,13H2,1-2H3;1-3H3,(H2,6,7)/b10-8+,11-3-,12-9-;. The Morgan fingerprint density at radius 3 is 2.00 bits per heavy atom. The molecule has 0 heterocycles. The predicted molar refractivity (Wildman–Crippen MR) is 88.7 cm³/mol. The quantitative estimate of drug-likeness (QED) is 0.761. The predicted octanol–water partition coefficient (Wildman–Crippen LogP) is 4.18. The van der Waals surface area contributed by atoms with E-state index in [1.807, 2.05) is 13.0 Å². The fourth-order valence-corrected chi connectivity index (χ4v) is 2.01. The van der Waals surface area contributed by atoms with Crippen molar-refractivity contribution in [2.45, 2.75) is 65.9 Å². The Bertz CT molecular complexity index is 423. The Balaban J connectivity index is 0.000000433. The minimum absolute atomic E-state index is 0.453. The molecule has 21 heavy (non-hydrogen) atoms. The third-order valence-electron chi connectivity index (χ3n) is 2.86. The summed E-state index contributed by atoms with van der Waals surface area (Å²) in [5.74, 6) is 0. The summed E-state index contributed by atoms with van der Waals surface area (Å²) in [5.41, 5.74) is 13.7. The molecule has 4 N–H and O–H groups in total. The van der Waals surface area contributed by atoms with Crippen LogP contribution < -0.4 is 11.5 Å². The van der Waals surface area contributed by atoms with Gasteiger partial charge in [0.25, 0.3) is 0 Å². The number of nitrogens with two attached hydrogens (primary N) is 2. The summed E-state index contributed by atoms with van der Waals surface area (Å²) in [6, 6.07) is 0. The van der Waals surface area contributed by atoms with E-state index >= 15 is 0 Å². The number of ether oxygens (including phenoxy) is 1. The van der Waals surface area contributed by atoms with Crippen LogP contribution in [-0.4, -0.2) is 11.7 Å². The van der Waals surface area contributed by atoms with Crippen LogP contribution in [0.4, 0.5) is 4.79 Å². The molecule has 0 spiro atoms. The number of rotatable bonds is 1. The largest absolute Gasteiger partial charge is 0.444 e. The number of allylic oxidation sites excluding steroid dienone is 6. The lowest BCUT2D eigenvalue weighted by molar-refractivity contribution is 0.0600. The van der Waals surface area contributed by atoms with Gasteiger partial charge < -0.3 is 16.2 Å². The van der Waals surface area contributed by atoms with Gasteiger partial charge in [0.1, 0.15) is 5.60 Å². The summed E-state index contributed by atoms with van der Waals surface area (Å²) >= 11 is 0. The van der Waals surface area contributed by atoms with E-state index in [-0.39, 0.29) is 0 Å². The number of carbonyl (C=O) groups excluding carboxylic acids is 1. The maximum absolute atomic E-state index is 10.0. The first-order chi connectivity index (χ1) is 9.65. The average molecular weight is 294 g/mol. The van der Waals surface area contributed by atoms with Crippen LogP contribution in [0.1, 0.15) is 60.3 Å². The highest BCUT2D eigenvalue weighted by Crippen LogP contribution is 2.28. The molecule has 1 fully saturated rings. The first-order valence-corrected chi connectivity index (χ1v) is 7.42. The van der Waals surface area contributed by atoms with Crippen LogP contribution in [0.3, 0.4) is 0 Å². The highest BCUT2D eigenvalue weighted by atomic mass is 16.6. The van der Waals surface area contributed by atoms with E-state index in [9.17, 15) is 4.79 Å². The van der Waals surface area contributed by atoms with Crippen molar-refractivity contribution in [1.29, 1.82) is 0 Å². The molecule has 1 rings (SSSR count). The van der Waals surface area contributed by atoms with Crippen LogP contribution in [0.25, 0.3) is 0 Å². The summed E-state index contributed by atoms with van der Waals surface area (Å²) in [4.78, 5) is 10.0. The van der Waals surface area contributed by atoms with Crippen molar-refractivity contribution in [2.24, 2.45) is 11.5 Å². The molecule has 0 bridgehead atoms. The second-order valence-corrected chi connectivity index (χ2v) is 6.16. The Labute approximate surface area is 128 Å². The lowest BCUT2D eigenvalue weighted by atomic mass is 9.89. The van der Waals surface area contributed by atoms with E-state index in [0.717, 1.165) is 5.70 Å². The maximum atomic E-state index is 10.0. The van der Waals surface area contributed by atoms with Gasteiger partial charge in [-0.05, 0) is 77.5 Å². The lowest BCUT2D eigenvalue weighted by Crippen LogP contribution is -2.27. The van der Waals surface area contributed by atoms with E-state index in [1.54, 1.807) is 20.8 Å². The molecule has 1 aliphatic carbocycles. The Morgan fingerprint density at radius 2 is 1.67 bits per heavy atom. The van der Waals surface area contributed by atoms with E-state index < -0.39 is 11.7 Å². The molecule has 0 aromatic carbocycles. The number of hydrogen-bond acceptors (Lipinski definition) is 3. The highest BCUT2D eigenvalue weighted by Gasteiger charge is 2.12. The summed E-state index contributed by atoms with van der Waals surface area (Å²) in [6.07, 6.45) is 10.8. The molecule has 0 unspecified atom stereocenters. The van der Waals surface area contributed by atoms with Crippen LogP contribution in [0.15, 0.2) is 35.1 Å². The zero-order valence-electron chi connectivity index (χ0n) is 14.0. The molecular formula is C17H30N2O2. The molecule has 0 atom stereocenters. The van der Waals surface area contributed by atoms with Gasteiger partial charge in [0.05, 0.1) is 0 Å². The van der Waals surface area contributed by atoms with Crippen LogP contribution in [-0.2, 0) is 4.74 Å². The summed E-state index contributed by atoms with van der Waals surface area (Å²) < 4.78 is 4.58. The minimum Gasteiger partial charge on any atom is -0.444 e. The van der Waals surface area contributed by atoms with Gasteiger partial charge in [-0.2, -0.15) is 0 Å². The van der Waals surface area contributed by atoms with Crippen LogP contribution in [0.2, 0.25) is 0 Å². The monoisotopic (exact) mass is 294 g/mol. The molecule has 4 nitrogen and oxygen atoms in total. The van der Waals surface area contributed by atoms with Crippen molar-refractivity contribution in [3.8, 4) is 0 Å². The smallest absolute Gasteiger partial charge is 0.405 e. The van der Waals surface area contributed by atoms with Crippen LogP contribution in [0, 0.1) is 0 Å². The van der Waals surface area contributed by atoms with E-state index in [2.05, 4.69) is 23.8 Å². The first-order valence-electron chi connectivity index (χ1n) is 7.42. The van der Waals surface area contributed by atoms with E-state index in [1.165, 1.54) is 36.8 Å². The second-order valence-electron chi connectivity index (χ2n) is 6.16. The zero-order valence-corrected chi connectivity index (χ0v) is 14.0. The summed E-state index contributed by atoms with van der Waals surface area (Å²) in [5, 5.41) is 0. The van der Waals surface area contributed by atoms with Gasteiger partial charge >= 0.3 is 6.09 Å². The van der Waals surface area contributed by atoms with Gasteiger partial charge in [0.2, 0.25) is 0 Å². The molecule has 120 valence electrons. The molecule has 1 aliphatic rings. The Kier molecular flexibility index (Phi) is 8.51. The third kappa shape index (κ3) is 10.7. The van der Waals surface area contributed by atoms with Crippen molar-refractivity contribution < 1.29 is 9.53 Å². The third-order valence-corrected chi connectivity index (χ3v) is 2.86. The SMILES string of the molecule is C/C=C1/CCCC/C1=C/C=C(\C)N.CC(C)(C)OC(N)=O.